The largest absolute Gasteiger partial charge is 0.382 e. The van der Waals surface area contributed by atoms with Crippen LogP contribution >= 0.6 is 0 Å². The summed E-state index contributed by atoms with van der Waals surface area (Å²) < 4.78 is 16.0. The van der Waals surface area contributed by atoms with E-state index >= 15 is 0 Å². The third-order valence-corrected chi connectivity index (χ3v) is 8.04. The van der Waals surface area contributed by atoms with Gasteiger partial charge in [0.15, 0.2) is 0 Å². The zero-order valence-corrected chi connectivity index (χ0v) is 24.7. The van der Waals surface area contributed by atoms with Gasteiger partial charge in [0.05, 0.1) is 50.3 Å². The lowest BCUT2D eigenvalue weighted by Gasteiger charge is -2.36. The number of para-hydroxylation sites is 2. The van der Waals surface area contributed by atoms with Crippen LogP contribution in [0.1, 0.15) is 18.1 Å². The number of nitrogens with two attached hydrogens (primary N) is 1. The summed E-state index contributed by atoms with van der Waals surface area (Å²) in [7, 11) is 3.19. The highest BCUT2D eigenvalue weighted by molar-refractivity contribution is 6.08. The predicted octanol–water partition coefficient (Wildman–Crippen LogP) is 2.79. The maximum Gasteiger partial charge on any atom is 0.253 e. The topological polar surface area (TPSA) is 123 Å². The maximum atomic E-state index is 14.5. The average Bonchev–Trinajstić information content (AvgIpc) is 3.12. The van der Waals surface area contributed by atoms with Crippen molar-refractivity contribution in [3.8, 4) is 0 Å². The number of hydrogen-bond acceptors (Lipinski definition) is 7. The number of rotatable bonds is 13. The minimum atomic E-state index is -1.43. The molecule has 224 valence electrons. The SMILES string of the molecule is CNC(C)(C(N)=O)[C@@H]1CN(C(=O)COCCOCCOC)c2ccccc2N(Cc2c(C)ccc3ccccc23)C1=O. The number of likely N-dealkylation sites (N-methyl/N-ethyl adjacent to an activating group) is 1. The molecule has 1 unspecified atom stereocenters. The van der Waals surface area contributed by atoms with Crippen LogP contribution in [0.5, 0.6) is 0 Å². The van der Waals surface area contributed by atoms with Gasteiger partial charge in [-0.2, -0.15) is 0 Å². The molecule has 0 radical (unpaired) electrons. The summed E-state index contributed by atoms with van der Waals surface area (Å²) in [6.45, 7) is 5.01. The molecular formula is C32H40N4O6. The lowest BCUT2D eigenvalue weighted by molar-refractivity contribution is -0.134. The van der Waals surface area contributed by atoms with E-state index in [-0.39, 0.29) is 38.1 Å². The fourth-order valence-electron chi connectivity index (χ4n) is 5.30. The molecule has 10 heteroatoms. The number of ether oxygens (including phenoxy) is 3. The van der Waals surface area contributed by atoms with E-state index in [0.29, 0.717) is 31.2 Å². The summed E-state index contributed by atoms with van der Waals surface area (Å²) in [5.74, 6) is -2.33. The number of methoxy groups -OCH3 is 1. The number of fused-ring (bicyclic) bond motifs is 2. The van der Waals surface area contributed by atoms with Crippen LogP contribution in [0.15, 0.2) is 60.7 Å². The second-order valence-corrected chi connectivity index (χ2v) is 10.5. The van der Waals surface area contributed by atoms with Gasteiger partial charge in [0.2, 0.25) is 11.8 Å². The number of aryl methyl sites for hydroxylation is 1. The second-order valence-electron chi connectivity index (χ2n) is 10.5. The van der Waals surface area contributed by atoms with Crippen LogP contribution in [0.2, 0.25) is 0 Å². The van der Waals surface area contributed by atoms with Crippen molar-refractivity contribution in [1.29, 1.82) is 0 Å². The van der Waals surface area contributed by atoms with Gasteiger partial charge in [-0.3, -0.25) is 14.4 Å². The highest BCUT2D eigenvalue weighted by Gasteiger charge is 2.48. The van der Waals surface area contributed by atoms with E-state index in [9.17, 15) is 14.4 Å². The summed E-state index contributed by atoms with van der Waals surface area (Å²) in [6, 6.07) is 19.4. The Morgan fingerprint density at radius 3 is 2.36 bits per heavy atom. The molecule has 1 heterocycles. The van der Waals surface area contributed by atoms with Gasteiger partial charge in [0, 0.05) is 13.7 Å². The Labute approximate surface area is 246 Å². The van der Waals surface area contributed by atoms with E-state index < -0.39 is 17.4 Å². The number of carbonyl (C=O) groups is 3. The van der Waals surface area contributed by atoms with Crippen molar-refractivity contribution in [2.75, 3.05) is 63.5 Å². The first kappa shape index (κ1) is 31.1. The Balaban J connectivity index is 1.73. The van der Waals surface area contributed by atoms with Gasteiger partial charge in [0.25, 0.3) is 5.91 Å². The minimum absolute atomic E-state index is 0.0618. The maximum absolute atomic E-state index is 14.5. The molecule has 3 N–H and O–H groups in total. The molecule has 42 heavy (non-hydrogen) atoms. The number of primary amides is 1. The Kier molecular flexibility index (Phi) is 10.3. The van der Waals surface area contributed by atoms with Gasteiger partial charge < -0.3 is 35.1 Å². The first-order valence-electron chi connectivity index (χ1n) is 14.0. The summed E-state index contributed by atoms with van der Waals surface area (Å²) in [4.78, 5) is 44.2. The van der Waals surface area contributed by atoms with E-state index in [0.717, 1.165) is 21.9 Å². The predicted molar refractivity (Wildman–Crippen MR) is 162 cm³/mol. The lowest BCUT2D eigenvalue weighted by Crippen LogP contribution is -2.63. The van der Waals surface area contributed by atoms with Crippen LogP contribution in [-0.4, -0.2) is 77.0 Å². The summed E-state index contributed by atoms with van der Waals surface area (Å²) >= 11 is 0. The standard InChI is InChI=1S/C32H40N4O6/c1-22-13-14-23-9-5-6-10-24(23)25(22)19-36-28-12-8-7-11-27(28)35(29(37)21-42-18-17-41-16-15-40-4)20-26(30(36)38)32(2,34-3)31(33)39/h5-14,26,34H,15-21H2,1-4H3,(H2,33,39)/t26-,32?/m1/s1. The van der Waals surface area contributed by atoms with Crippen LogP contribution in [0.25, 0.3) is 10.8 Å². The van der Waals surface area contributed by atoms with E-state index in [1.54, 1.807) is 32.0 Å². The van der Waals surface area contributed by atoms with Gasteiger partial charge >= 0.3 is 0 Å². The molecule has 0 spiro atoms. The molecule has 0 aliphatic carbocycles. The molecule has 1 aliphatic rings. The third-order valence-electron chi connectivity index (χ3n) is 8.04. The van der Waals surface area contributed by atoms with Gasteiger partial charge in [-0.05, 0) is 54.9 Å². The van der Waals surface area contributed by atoms with Crippen molar-refractivity contribution in [3.05, 3.63) is 71.8 Å². The Bertz CT molecular complexity index is 1430. The van der Waals surface area contributed by atoms with E-state index in [1.807, 2.05) is 55.5 Å². The molecule has 4 rings (SSSR count). The van der Waals surface area contributed by atoms with Crippen molar-refractivity contribution in [2.45, 2.75) is 25.9 Å². The normalized spacial score (nSPS) is 16.7. The number of amides is 3. The first-order valence-corrected chi connectivity index (χ1v) is 14.0. The third kappa shape index (κ3) is 6.47. The monoisotopic (exact) mass is 576 g/mol. The average molecular weight is 577 g/mol. The zero-order valence-electron chi connectivity index (χ0n) is 24.7. The highest BCUT2D eigenvalue weighted by Crippen LogP contribution is 2.39. The number of hydrogen-bond donors (Lipinski definition) is 2. The summed E-state index contributed by atoms with van der Waals surface area (Å²) in [6.07, 6.45) is 0. The number of benzene rings is 3. The Morgan fingerprint density at radius 2 is 1.64 bits per heavy atom. The van der Waals surface area contributed by atoms with Gasteiger partial charge in [0.1, 0.15) is 12.1 Å². The van der Waals surface area contributed by atoms with Gasteiger partial charge in [-0.15, -0.1) is 0 Å². The van der Waals surface area contributed by atoms with Crippen LogP contribution in [-0.2, 0) is 35.1 Å². The van der Waals surface area contributed by atoms with Crippen LogP contribution in [0, 0.1) is 12.8 Å². The molecule has 0 aromatic heterocycles. The first-order chi connectivity index (χ1) is 20.2. The van der Waals surface area contributed by atoms with E-state index in [4.69, 9.17) is 19.9 Å². The molecule has 0 bridgehead atoms. The molecule has 0 saturated carbocycles. The lowest BCUT2D eigenvalue weighted by atomic mass is 9.83. The van der Waals surface area contributed by atoms with Crippen LogP contribution < -0.4 is 20.9 Å². The van der Waals surface area contributed by atoms with Crippen molar-refractivity contribution in [3.63, 3.8) is 0 Å². The Morgan fingerprint density at radius 1 is 0.976 bits per heavy atom. The molecule has 1 aliphatic heterocycles. The fraction of sp³-hybridized carbons (Fsp3) is 0.406. The molecular weight excluding hydrogens is 536 g/mol. The van der Waals surface area contributed by atoms with Crippen LogP contribution in [0.3, 0.4) is 0 Å². The van der Waals surface area contributed by atoms with Crippen molar-refractivity contribution in [2.24, 2.45) is 11.7 Å². The summed E-state index contributed by atoms with van der Waals surface area (Å²) in [5.41, 5.74) is 7.57. The smallest absolute Gasteiger partial charge is 0.253 e. The molecule has 2 atom stereocenters. The molecule has 3 aromatic rings. The summed E-state index contributed by atoms with van der Waals surface area (Å²) in [5, 5.41) is 5.07. The van der Waals surface area contributed by atoms with Gasteiger partial charge in [-0.1, -0.05) is 48.5 Å². The van der Waals surface area contributed by atoms with Gasteiger partial charge in [-0.25, -0.2) is 0 Å². The molecule has 0 fully saturated rings. The number of nitrogens with zero attached hydrogens (tertiary/aromatic N) is 2. The second kappa shape index (κ2) is 13.9. The molecule has 10 nitrogen and oxygen atoms in total. The van der Waals surface area contributed by atoms with Crippen molar-refractivity contribution < 1.29 is 28.6 Å². The zero-order chi connectivity index (χ0) is 30.3. The van der Waals surface area contributed by atoms with Crippen molar-refractivity contribution >= 4 is 39.9 Å². The number of anilines is 2. The highest BCUT2D eigenvalue weighted by atomic mass is 16.5. The number of carbonyl (C=O) groups excluding carboxylic acids is 3. The molecule has 3 aromatic carbocycles. The minimum Gasteiger partial charge on any atom is -0.382 e. The number of nitrogens with one attached hydrogen (secondary N) is 1. The van der Waals surface area contributed by atoms with Crippen molar-refractivity contribution in [1.82, 2.24) is 5.32 Å². The molecule has 3 amide bonds. The fourth-order valence-corrected chi connectivity index (χ4v) is 5.30. The molecule has 0 saturated heterocycles. The van der Waals surface area contributed by atoms with E-state index in [1.165, 1.54) is 4.90 Å². The van der Waals surface area contributed by atoms with Crippen LogP contribution in [0.4, 0.5) is 11.4 Å². The van der Waals surface area contributed by atoms with E-state index in [2.05, 4.69) is 11.4 Å². The Hall–Kier alpha value is -3.83. The quantitative estimate of drug-likeness (QED) is 0.300.